The molecule has 25 heavy (non-hydrogen) atoms. The predicted octanol–water partition coefficient (Wildman–Crippen LogP) is 2.71. The van der Waals surface area contributed by atoms with E-state index in [1.165, 1.54) is 11.0 Å². The average molecular weight is 330 g/mol. The summed E-state index contributed by atoms with van der Waals surface area (Å²) >= 11 is 0. The maximum Gasteiger partial charge on any atom is 0.277 e. The van der Waals surface area contributed by atoms with Crippen LogP contribution in [0.4, 0.5) is 5.69 Å². The molecule has 1 N–H and O–H groups in total. The van der Waals surface area contributed by atoms with Crippen LogP contribution in [-0.2, 0) is 0 Å². The highest BCUT2D eigenvalue weighted by Crippen LogP contribution is 2.14. The molecule has 0 aliphatic heterocycles. The number of hydrogen-bond donors (Lipinski definition) is 1. The molecular formula is C18H14N6O. The van der Waals surface area contributed by atoms with Crippen molar-refractivity contribution in [3.8, 4) is 11.4 Å². The second-order valence-corrected chi connectivity index (χ2v) is 5.33. The number of anilines is 1. The number of carbonyl (C=O) groups excluding carboxylic acids is 1. The number of rotatable bonds is 4. The van der Waals surface area contributed by atoms with Gasteiger partial charge in [0, 0.05) is 23.8 Å². The SMILES string of the molecule is O=C(Nc1ccc(-n2ccnc2)cc1)c1cnn(-c2ccccc2)n1. The van der Waals surface area contributed by atoms with E-state index in [1.54, 1.807) is 12.5 Å². The number of carbonyl (C=O) groups is 1. The molecule has 0 bridgehead atoms. The van der Waals surface area contributed by atoms with E-state index in [0.717, 1.165) is 11.4 Å². The maximum atomic E-state index is 12.3. The monoisotopic (exact) mass is 330 g/mol. The van der Waals surface area contributed by atoms with E-state index in [4.69, 9.17) is 0 Å². The normalized spacial score (nSPS) is 10.6. The molecule has 0 unspecified atom stereocenters. The van der Waals surface area contributed by atoms with Crippen molar-refractivity contribution in [3.05, 3.63) is 85.2 Å². The molecular weight excluding hydrogens is 316 g/mol. The molecule has 0 saturated carbocycles. The molecule has 0 radical (unpaired) electrons. The second kappa shape index (κ2) is 6.40. The van der Waals surface area contributed by atoms with Gasteiger partial charge in [0.1, 0.15) is 0 Å². The van der Waals surface area contributed by atoms with Gasteiger partial charge < -0.3 is 9.88 Å². The largest absolute Gasteiger partial charge is 0.321 e. The standard InChI is InChI=1S/C18H14N6O/c25-18(17-12-20-24(22-17)16-4-2-1-3-5-16)21-14-6-8-15(9-7-14)23-11-10-19-13-23/h1-13H,(H,21,25). The van der Waals surface area contributed by atoms with Crippen LogP contribution >= 0.6 is 0 Å². The van der Waals surface area contributed by atoms with Crippen molar-refractivity contribution in [2.75, 3.05) is 5.32 Å². The van der Waals surface area contributed by atoms with Crippen LogP contribution in [0, 0.1) is 0 Å². The molecule has 2 aromatic heterocycles. The summed E-state index contributed by atoms with van der Waals surface area (Å²) in [6.45, 7) is 0. The lowest BCUT2D eigenvalue weighted by molar-refractivity contribution is 0.102. The molecule has 0 aliphatic carbocycles. The summed E-state index contributed by atoms with van der Waals surface area (Å²) in [6, 6.07) is 16.9. The first-order valence-electron chi connectivity index (χ1n) is 7.67. The number of imidazole rings is 1. The lowest BCUT2D eigenvalue weighted by Crippen LogP contribution is -2.13. The van der Waals surface area contributed by atoms with E-state index in [0.29, 0.717) is 5.69 Å². The Bertz CT molecular complexity index is 974. The first-order chi connectivity index (χ1) is 12.3. The van der Waals surface area contributed by atoms with Gasteiger partial charge in [0.2, 0.25) is 0 Å². The fourth-order valence-electron chi connectivity index (χ4n) is 2.38. The molecule has 0 aliphatic rings. The van der Waals surface area contributed by atoms with E-state index in [1.807, 2.05) is 65.4 Å². The molecule has 7 nitrogen and oxygen atoms in total. The van der Waals surface area contributed by atoms with Crippen molar-refractivity contribution in [3.63, 3.8) is 0 Å². The minimum atomic E-state index is -0.308. The molecule has 2 heterocycles. The minimum Gasteiger partial charge on any atom is -0.321 e. The minimum absolute atomic E-state index is 0.252. The Morgan fingerprint density at radius 3 is 2.48 bits per heavy atom. The molecule has 7 heteroatoms. The Balaban J connectivity index is 1.48. The van der Waals surface area contributed by atoms with Gasteiger partial charge in [-0.2, -0.15) is 9.90 Å². The van der Waals surface area contributed by atoms with Crippen LogP contribution in [0.1, 0.15) is 10.5 Å². The quantitative estimate of drug-likeness (QED) is 0.624. The third-order valence-corrected chi connectivity index (χ3v) is 3.64. The van der Waals surface area contributed by atoms with Crippen LogP contribution in [0.3, 0.4) is 0 Å². The number of aromatic nitrogens is 5. The van der Waals surface area contributed by atoms with Gasteiger partial charge in [0.05, 0.1) is 18.2 Å². The van der Waals surface area contributed by atoms with Crippen LogP contribution < -0.4 is 5.32 Å². The number of para-hydroxylation sites is 1. The van der Waals surface area contributed by atoms with E-state index in [9.17, 15) is 4.79 Å². The number of hydrogen-bond acceptors (Lipinski definition) is 4. The Morgan fingerprint density at radius 2 is 1.76 bits per heavy atom. The summed E-state index contributed by atoms with van der Waals surface area (Å²) in [7, 11) is 0. The summed E-state index contributed by atoms with van der Waals surface area (Å²) in [5.74, 6) is -0.308. The number of amides is 1. The van der Waals surface area contributed by atoms with Crippen molar-refractivity contribution in [1.29, 1.82) is 0 Å². The van der Waals surface area contributed by atoms with Gasteiger partial charge >= 0.3 is 0 Å². The highest BCUT2D eigenvalue weighted by molar-refractivity contribution is 6.02. The van der Waals surface area contributed by atoms with Crippen LogP contribution in [0.15, 0.2) is 79.5 Å². The molecule has 0 atom stereocenters. The first kappa shape index (κ1) is 14.8. The smallest absolute Gasteiger partial charge is 0.277 e. The third-order valence-electron chi connectivity index (χ3n) is 3.64. The number of nitrogens with one attached hydrogen (secondary N) is 1. The maximum absolute atomic E-state index is 12.3. The topological polar surface area (TPSA) is 77.6 Å². The molecule has 0 saturated heterocycles. The van der Waals surface area contributed by atoms with Crippen molar-refractivity contribution >= 4 is 11.6 Å². The average Bonchev–Trinajstić information content (AvgIpc) is 3.35. The highest BCUT2D eigenvalue weighted by atomic mass is 16.2. The van der Waals surface area contributed by atoms with Crippen LogP contribution in [-0.4, -0.2) is 30.5 Å². The molecule has 2 aromatic carbocycles. The Kier molecular flexibility index (Phi) is 3.80. The lowest BCUT2D eigenvalue weighted by Gasteiger charge is -2.05. The Morgan fingerprint density at radius 1 is 0.960 bits per heavy atom. The Labute approximate surface area is 143 Å². The molecule has 4 aromatic rings. The van der Waals surface area contributed by atoms with Gasteiger partial charge in [-0.1, -0.05) is 18.2 Å². The van der Waals surface area contributed by atoms with Gasteiger partial charge in [0.15, 0.2) is 5.69 Å². The second-order valence-electron chi connectivity index (χ2n) is 5.33. The number of nitrogens with zero attached hydrogens (tertiary/aromatic N) is 5. The van der Waals surface area contributed by atoms with Gasteiger partial charge in [-0.3, -0.25) is 4.79 Å². The lowest BCUT2D eigenvalue weighted by atomic mass is 10.2. The van der Waals surface area contributed by atoms with Crippen LogP contribution in [0.2, 0.25) is 0 Å². The summed E-state index contributed by atoms with van der Waals surface area (Å²) in [4.78, 5) is 17.8. The van der Waals surface area contributed by atoms with Crippen molar-refractivity contribution in [1.82, 2.24) is 24.5 Å². The summed E-state index contributed by atoms with van der Waals surface area (Å²) < 4.78 is 1.89. The van der Waals surface area contributed by atoms with Crippen molar-refractivity contribution in [2.45, 2.75) is 0 Å². The van der Waals surface area contributed by atoms with E-state index in [2.05, 4.69) is 20.5 Å². The highest BCUT2D eigenvalue weighted by Gasteiger charge is 2.11. The zero-order valence-corrected chi connectivity index (χ0v) is 13.1. The summed E-state index contributed by atoms with van der Waals surface area (Å²) in [5, 5.41) is 11.2. The Hall–Kier alpha value is -3.74. The van der Waals surface area contributed by atoms with Gasteiger partial charge in [0.25, 0.3) is 5.91 Å². The van der Waals surface area contributed by atoms with E-state index in [-0.39, 0.29) is 11.6 Å². The van der Waals surface area contributed by atoms with Gasteiger partial charge in [-0.25, -0.2) is 4.98 Å². The van der Waals surface area contributed by atoms with Crippen LogP contribution in [0.5, 0.6) is 0 Å². The van der Waals surface area contributed by atoms with Crippen molar-refractivity contribution < 1.29 is 4.79 Å². The van der Waals surface area contributed by atoms with E-state index < -0.39 is 0 Å². The molecule has 0 fully saturated rings. The van der Waals surface area contributed by atoms with Gasteiger partial charge in [-0.05, 0) is 36.4 Å². The fraction of sp³-hybridized carbons (Fsp3) is 0. The number of benzene rings is 2. The van der Waals surface area contributed by atoms with Gasteiger partial charge in [-0.15, -0.1) is 5.10 Å². The third kappa shape index (κ3) is 3.16. The van der Waals surface area contributed by atoms with Crippen LogP contribution in [0.25, 0.3) is 11.4 Å². The summed E-state index contributed by atoms with van der Waals surface area (Å²) in [6.07, 6.45) is 6.74. The molecule has 1 amide bonds. The summed E-state index contributed by atoms with van der Waals surface area (Å²) in [5.41, 5.74) is 2.70. The molecule has 4 rings (SSSR count). The first-order valence-corrected chi connectivity index (χ1v) is 7.67. The fourth-order valence-corrected chi connectivity index (χ4v) is 2.38. The van der Waals surface area contributed by atoms with Crippen molar-refractivity contribution in [2.24, 2.45) is 0 Å². The zero-order valence-electron chi connectivity index (χ0n) is 13.1. The molecule has 0 spiro atoms. The molecule has 122 valence electrons. The predicted molar refractivity (Wildman–Crippen MR) is 92.9 cm³/mol. The van der Waals surface area contributed by atoms with E-state index >= 15 is 0 Å². The zero-order chi connectivity index (χ0) is 17.1.